The van der Waals surface area contributed by atoms with Gasteiger partial charge in [0, 0.05) is 11.6 Å². The van der Waals surface area contributed by atoms with Crippen molar-refractivity contribution in [3.05, 3.63) is 28.6 Å². The minimum absolute atomic E-state index is 0.288. The highest BCUT2D eigenvalue weighted by Gasteiger charge is 2.04. The van der Waals surface area contributed by atoms with Crippen LogP contribution in [0.3, 0.4) is 0 Å². The zero-order valence-electron chi connectivity index (χ0n) is 6.07. The number of hydrogen-bond donors (Lipinski definition) is 2. The molecule has 0 aliphatic rings. The Morgan fingerprint density at radius 3 is 2.92 bits per heavy atom. The summed E-state index contributed by atoms with van der Waals surface area (Å²) in [6.07, 6.45) is 1.65. The Labute approximate surface area is 76.7 Å². The lowest BCUT2D eigenvalue weighted by molar-refractivity contribution is 0.623. The van der Waals surface area contributed by atoms with E-state index in [2.05, 4.69) is 20.9 Å². The van der Waals surface area contributed by atoms with E-state index < -0.39 is 0 Å². The molecule has 0 saturated heterocycles. The summed E-state index contributed by atoms with van der Waals surface area (Å²) in [5, 5.41) is 0.836. The predicted octanol–water partition coefficient (Wildman–Crippen LogP) is 2.65. The third-order valence-corrected chi connectivity index (χ3v) is 2.36. The van der Waals surface area contributed by atoms with Crippen LogP contribution < -0.4 is 5.73 Å². The third-order valence-electron chi connectivity index (χ3n) is 1.75. The molecular weight excluding hydrogens is 223 g/mol. The molecule has 1 heterocycles. The number of anilines is 1. The first-order valence-electron chi connectivity index (χ1n) is 3.40. The van der Waals surface area contributed by atoms with Crippen LogP contribution in [0.5, 0.6) is 0 Å². The van der Waals surface area contributed by atoms with Gasteiger partial charge in [0.05, 0.1) is 15.7 Å². The number of aromatic nitrogens is 1. The Balaban J connectivity index is 2.87. The van der Waals surface area contributed by atoms with Gasteiger partial charge in [-0.3, -0.25) is 0 Å². The van der Waals surface area contributed by atoms with Gasteiger partial charge < -0.3 is 10.7 Å². The first kappa shape index (κ1) is 7.61. The van der Waals surface area contributed by atoms with Crippen molar-refractivity contribution < 1.29 is 4.39 Å². The molecule has 0 aliphatic heterocycles. The number of halogens is 2. The van der Waals surface area contributed by atoms with Crippen molar-refractivity contribution in [1.82, 2.24) is 4.98 Å². The van der Waals surface area contributed by atoms with Gasteiger partial charge in [-0.25, -0.2) is 4.39 Å². The van der Waals surface area contributed by atoms with Crippen molar-refractivity contribution in [1.29, 1.82) is 0 Å². The van der Waals surface area contributed by atoms with Crippen molar-refractivity contribution in [3.63, 3.8) is 0 Å². The maximum atomic E-state index is 13.0. The van der Waals surface area contributed by atoms with Crippen LogP contribution in [0.1, 0.15) is 0 Å². The van der Waals surface area contributed by atoms with E-state index in [1.807, 2.05) is 0 Å². The molecule has 2 nitrogen and oxygen atoms in total. The van der Waals surface area contributed by atoms with Gasteiger partial charge in [0.1, 0.15) is 5.82 Å². The Hall–Kier alpha value is -1.03. The lowest BCUT2D eigenvalue weighted by atomic mass is 10.2. The van der Waals surface area contributed by atoms with Crippen LogP contribution in [0.15, 0.2) is 22.8 Å². The van der Waals surface area contributed by atoms with Crippen LogP contribution in [-0.2, 0) is 0 Å². The van der Waals surface area contributed by atoms with Crippen molar-refractivity contribution in [2.75, 3.05) is 5.73 Å². The minimum atomic E-state index is -0.288. The van der Waals surface area contributed by atoms with Crippen LogP contribution in [-0.4, -0.2) is 4.98 Å². The molecule has 12 heavy (non-hydrogen) atoms. The lowest BCUT2D eigenvalue weighted by Crippen LogP contribution is -1.81. The van der Waals surface area contributed by atoms with Crippen LogP contribution in [0.25, 0.3) is 10.9 Å². The van der Waals surface area contributed by atoms with Crippen molar-refractivity contribution >= 4 is 32.5 Å². The number of hydrogen-bond acceptors (Lipinski definition) is 1. The van der Waals surface area contributed by atoms with Crippen LogP contribution in [0.4, 0.5) is 10.1 Å². The van der Waals surface area contributed by atoms with E-state index in [0.29, 0.717) is 15.7 Å². The van der Waals surface area contributed by atoms with Gasteiger partial charge >= 0.3 is 0 Å². The third kappa shape index (κ3) is 0.992. The summed E-state index contributed by atoms with van der Waals surface area (Å²) in [5.41, 5.74) is 6.97. The van der Waals surface area contributed by atoms with Crippen molar-refractivity contribution in [2.45, 2.75) is 0 Å². The van der Waals surface area contributed by atoms with E-state index in [1.165, 1.54) is 6.07 Å². The molecule has 0 unspecified atom stereocenters. The topological polar surface area (TPSA) is 41.8 Å². The summed E-state index contributed by atoms with van der Waals surface area (Å²) < 4.78 is 13.4. The highest BCUT2D eigenvalue weighted by Crippen LogP contribution is 2.26. The molecule has 2 aromatic rings. The maximum Gasteiger partial charge on any atom is 0.139 e. The molecule has 0 atom stereocenters. The van der Waals surface area contributed by atoms with Gasteiger partial charge in [0.2, 0.25) is 0 Å². The normalized spacial score (nSPS) is 10.8. The molecule has 0 amide bonds. The molecule has 1 aromatic carbocycles. The Kier molecular flexibility index (Phi) is 1.58. The number of benzene rings is 1. The molecule has 0 radical (unpaired) electrons. The molecule has 0 aliphatic carbocycles. The average molecular weight is 229 g/mol. The summed E-state index contributed by atoms with van der Waals surface area (Å²) in [7, 11) is 0. The predicted molar refractivity (Wildman–Crippen MR) is 50.4 cm³/mol. The van der Waals surface area contributed by atoms with Crippen LogP contribution in [0, 0.1) is 5.82 Å². The van der Waals surface area contributed by atoms with E-state index in [9.17, 15) is 4.39 Å². The summed E-state index contributed by atoms with van der Waals surface area (Å²) in [4.78, 5) is 2.87. The van der Waals surface area contributed by atoms with Gasteiger partial charge in [0.25, 0.3) is 0 Å². The fourth-order valence-electron chi connectivity index (χ4n) is 1.14. The van der Waals surface area contributed by atoms with Crippen LogP contribution >= 0.6 is 15.9 Å². The Bertz CT molecular complexity index is 436. The summed E-state index contributed by atoms with van der Waals surface area (Å²) in [6, 6.07) is 3.08. The summed E-state index contributed by atoms with van der Waals surface area (Å²) in [6.45, 7) is 0. The fraction of sp³-hybridized carbons (Fsp3) is 0. The second-order valence-corrected chi connectivity index (χ2v) is 3.41. The fourth-order valence-corrected chi connectivity index (χ4v) is 1.48. The van der Waals surface area contributed by atoms with Gasteiger partial charge in [0.15, 0.2) is 0 Å². The number of H-pyrrole nitrogens is 1. The van der Waals surface area contributed by atoms with E-state index in [-0.39, 0.29) is 5.82 Å². The quantitative estimate of drug-likeness (QED) is 0.716. The number of nitrogens with two attached hydrogens (primary N) is 1. The number of nitrogen functional groups attached to an aromatic ring is 1. The van der Waals surface area contributed by atoms with Crippen molar-refractivity contribution in [3.8, 4) is 0 Å². The molecule has 0 spiro atoms. The van der Waals surface area contributed by atoms with E-state index in [0.717, 1.165) is 5.39 Å². The highest BCUT2D eigenvalue weighted by molar-refractivity contribution is 9.10. The van der Waals surface area contributed by atoms with E-state index >= 15 is 0 Å². The molecule has 0 fully saturated rings. The first-order chi connectivity index (χ1) is 5.68. The van der Waals surface area contributed by atoms with Gasteiger partial charge in [-0.2, -0.15) is 0 Å². The SMILES string of the molecule is Nc1c[nH]c2cc(F)c(Br)cc12. The largest absolute Gasteiger partial charge is 0.397 e. The standard InChI is InChI=1S/C8H6BrFN2/c9-5-1-4-7(11)3-12-8(4)2-6(5)10/h1-3,12H,11H2. The zero-order chi connectivity index (χ0) is 8.72. The average Bonchev–Trinajstić information content (AvgIpc) is 2.35. The summed E-state index contributed by atoms with van der Waals surface area (Å²) in [5.74, 6) is -0.288. The van der Waals surface area contributed by atoms with Gasteiger partial charge in [-0.15, -0.1) is 0 Å². The van der Waals surface area contributed by atoms with Gasteiger partial charge in [-0.05, 0) is 28.1 Å². The number of fused-ring (bicyclic) bond motifs is 1. The number of rotatable bonds is 0. The number of aromatic amines is 1. The maximum absolute atomic E-state index is 13.0. The smallest absolute Gasteiger partial charge is 0.139 e. The monoisotopic (exact) mass is 228 g/mol. The molecule has 4 heteroatoms. The molecule has 62 valence electrons. The van der Waals surface area contributed by atoms with Crippen molar-refractivity contribution in [2.24, 2.45) is 0 Å². The lowest BCUT2D eigenvalue weighted by Gasteiger charge is -1.95. The highest BCUT2D eigenvalue weighted by atomic mass is 79.9. The van der Waals surface area contributed by atoms with Crippen LogP contribution in [0.2, 0.25) is 0 Å². The second kappa shape index (κ2) is 2.48. The molecule has 3 N–H and O–H groups in total. The molecular formula is C8H6BrFN2. The Morgan fingerprint density at radius 2 is 2.17 bits per heavy atom. The summed E-state index contributed by atoms with van der Waals surface area (Å²) >= 11 is 3.09. The molecule has 0 bridgehead atoms. The number of nitrogens with one attached hydrogen (secondary N) is 1. The molecule has 1 aromatic heterocycles. The molecule has 2 rings (SSSR count). The van der Waals surface area contributed by atoms with E-state index in [4.69, 9.17) is 5.73 Å². The van der Waals surface area contributed by atoms with Gasteiger partial charge in [-0.1, -0.05) is 0 Å². The minimum Gasteiger partial charge on any atom is -0.397 e. The Morgan fingerprint density at radius 1 is 1.42 bits per heavy atom. The molecule has 0 saturated carbocycles. The zero-order valence-corrected chi connectivity index (χ0v) is 7.65. The first-order valence-corrected chi connectivity index (χ1v) is 4.19. The van der Waals surface area contributed by atoms with E-state index in [1.54, 1.807) is 12.3 Å². The second-order valence-electron chi connectivity index (χ2n) is 2.56.